The number of benzene rings is 2. The van der Waals surface area contributed by atoms with Gasteiger partial charge < -0.3 is 122 Å². The van der Waals surface area contributed by atoms with E-state index in [1.165, 1.54) is 45.0 Å². The Morgan fingerprint density at radius 2 is 0.886 bits per heavy atom. The van der Waals surface area contributed by atoms with E-state index in [1.54, 1.807) is 58.2 Å². The quantitative estimate of drug-likeness (QED) is 0.0234. The highest BCUT2D eigenvalue weighted by atomic mass is 32.1. The number of carbonyl (C=O) groups is 18. The number of aliphatic hydroxyl groups is 2. The number of aromatic hydroxyl groups is 1. The Morgan fingerprint density at radius 3 is 1.40 bits per heavy atom. The fraction of sp³-hybridized carbons (Fsp3) is 0.549. The molecule has 0 spiro atoms. The molecule has 0 saturated heterocycles. The molecule has 0 radical (unpaired) electrons. The number of aromatic nitrogens is 1. The van der Waals surface area contributed by atoms with Crippen LogP contribution in [0.1, 0.15) is 112 Å². The molecule has 0 aliphatic carbocycles. The van der Waals surface area contributed by atoms with Crippen LogP contribution in [-0.4, -0.2) is 257 Å². The summed E-state index contributed by atoms with van der Waals surface area (Å²) in [5.74, 6) is -22.6. The van der Waals surface area contributed by atoms with Crippen molar-refractivity contribution in [2.24, 2.45) is 29.2 Å². The van der Waals surface area contributed by atoms with Crippen LogP contribution in [0.2, 0.25) is 0 Å². The molecule has 0 unspecified atom stereocenters. The molecule has 2 aromatic carbocycles. The van der Waals surface area contributed by atoms with Gasteiger partial charge in [0.2, 0.25) is 88.6 Å². The average molecular weight is 1640 g/mol. The minimum Gasteiger partial charge on any atom is -0.508 e. The van der Waals surface area contributed by atoms with Crippen LogP contribution in [0.5, 0.6) is 5.75 Å². The third kappa shape index (κ3) is 32.5. The van der Waals surface area contributed by atoms with E-state index >= 15 is 0 Å². The number of thiol groups is 2. The Hall–Kier alpha value is -11.2. The summed E-state index contributed by atoms with van der Waals surface area (Å²) in [7, 11) is 0. The van der Waals surface area contributed by atoms with Gasteiger partial charge >= 0.3 is 17.9 Å². The SMILES string of the molecule is CC(C)C[C@H](NC(=O)[C@@H](NC(=O)CNC(=O)[C@H](C)NC(=O)[C@H](C)NC(=O)[C@H](CC(N)=O)NC(=O)[C@@H](NC(=O)[C@H](Cc1ccc(O)cc1)NC(=O)[C@H](CS)NC(=O)[C@@H](N)CCC(=O)O)[C@@H](C)O)C(C)C)C(=O)N[C@@H](CCC(=O)O)C(=O)N[C@@H](CS)C(=O)N[C@@H](Cc1c[nH]c2ccccc12)C(=O)N[C@H](C(=O)N[C@@H](CO)C(=O)O)C(C)C. The van der Waals surface area contributed by atoms with Crippen LogP contribution < -0.4 is 85.9 Å². The van der Waals surface area contributed by atoms with Crippen molar-refractivity contribution < 1.29 is 117 Å². The van der Waals surface area contributed by atoms with Crippen molar-refractivity contribution in [3.63, 3.8) is 0 Å². The first kappa shape index (κ1) is 97.0. The van der Waals surface area contributed by atoms with E-state index in [-0.39, 0.29) is 43.1 Å². The van der Waals surface area contributed by atoms with Crippen molar-refractivity contribution in [3.8, 4) is 5.75 Å². The maximum atomic E-state index is 14.2. The lowest BCUT2D eigenvalue weighted by Crippen LogP contribution is -2.62. The molecular weight excluding hydrogens is 1540 g/mol. The monoisotopic (exact) mass is 1640 g/mol. The van der Waals surface area contributed by atoms with Gasteiger partial charge in [0.05, 0.1) is 31.7 Å². The summed E-state index contributed by atoms with van der Waals surface area (Å²) in [5, 5.41) is 92.2. The molecule has 0 fully saturated rings. The van der Waals surface area contributed by atoms with E-state index in [4.69, 9.17) is 16.6 Å². The second-order valence-electron chi connectivity index (χ2n) is 28.0. The predicted molar refractivity (Wildman–Crippen MR) is 412 cm³/mol. The van der Waals surface area contributed by atoms with Crippen LogP contribution >= 0.6 is 25.3 Å². The summed E-state index contributed by atoms with van der Waals surface area (Å²) < 4.78 is 0. The molecule has 0 bridgehead atoms. The Bertz CT molecular complexity index is 3920. The van der Waals surface area contributed by atoms with Gasteiger partial charge in [-0.15, -0.1) is 0 Å². The Balaban J connectivity index is 1.73. The number of fused-ring (bicyclic) bond motifs is 1. The average Bonchev–Trinajstić information content (AvgIpc) is 1.68. The summed E-state index contributed by atoms with van der Waals surface area (Å²) in [6.45, 7) is 11.1. The zero-order valence-electron chi connectivity index (χ0n) is 64.2. The number of phenolic OH excluding ortho intramolecular Hbond substituents is 1. The number of nitrogens with one attached hydrogen (secondary N) is 15. The van der Waals surface area contributed by atoms with Crippen LogP contribution in [0, 0.1) is 17.8 Å². The van der Waals surface area contributed by atoms with Gasteiger partial charge in [-0.05, 0) is 87.1 Å². The molecule has 630 valence electrons. The standard InChI is InChI=1S/C71H105N17O24S2/c1-31(2)22-44(63(103)78-43(19-21-54(96)97)61(101)85-50(30-114)67(107)80-46(24-38-26-74-42-13-11-10-12-40(38)42)65(105)87-56(33(5)6)69(109)83-48(28-89)71(111)112)81-68(108)55(32(3)4)86-52(93)27-75-58(98)34(7)76-59(99)35(8)77-62(102)47(25-51(73)92)82-70(110)57(36(9)90)88-64(104)45(23-37-14-16-39(91)17-15-37)79-66(106)49(29-113)84-60(100)41(72)18-20-53(94)95/h10-17,26,31-36,41,43-50,55-57,74,89-91,113-114H,18-25,27-30,72H2,1-9H3,(H2,73,92)(H,75,98)(H,76,99)(H,77,102)(H,78,103)(H,79,106)(H,80,107)(H,81,108)(H,82,110)(H,83,109)(H,84,100)(H,85,101)(H,86,93)(H,87,105)(H,88,104)(H,94,95)(H,96,97)(H,111,112)/t34-,35-,36+,41-,43-,44-,45-,46-,47-,48-,49-,50-,55-,56-,57-/m0/s1. The second kappa shape index (κ2) is 47.4. The molecular formula is C71H105N17O24S2. The molecule has 0 saturated carbocycles. The predicted octanol–water partition coefficient (Wildman–Crippen LogP) is -6.28. The van der Waals surface area contributed by atoms with E-state index in [0.29, 0.717) is 22.0 Å². The van der Waals surface area contributed by atoms with Gasteiger partial charge in [-0.1, -0.05) is 71.9 Å². The van der Waals surface area contributed by atoms with Crippen molar-refractivity contribution in [2.75, 3.05) is 24.7 Å². The van der Waals surface area contributed by atoms with E-state index < -0.39 is 254 Å². The van der Waals surface area contributed by atoms with Crippen molar-refractivity contribution >= 4 is 143 Å². The summed E-state index contributed by atoms with van der Waals surface area (Å²) in [6.07, 6.45) is -3.84. The maximum absolute atomic E-state index is 14.2. The number of carbonyl (C=O) groups excluding carboxylic acids is 15. The van der Waals surface area contributed by atoms with Crippen LogP contribution in [0.3, 0.4) is 0 Å². The van der Waals surface area contributed by atoms with Crippen molar-refractivity contribution in [1.82, 2.24) is 79.4 Å². The highest BCUT2D eigenvalue weighted by Gasteiger charge is 2.39. The molecule has 25 N–H and O–H groups in total. The number of aliphatic carboxylic acids is 3. The van der Waals surface area contributed by atoms with Gasteiger partial charge in [-0.3, -0.25) is 81.5 Å². The lowest BCUT2D eigenvalue weighted by atomic mass is 9.99. The largest absolute Gasteiger partial charge is 0.508 e. The number of amides is 15. The van der Waals surface area contributed by atoms with Crippen molar-refractivity contribution in [2.45, 2.75) is 204 Å². The summed E-state index contributed by atoms with van der Waals surface area (Å²) >= 11 is 8.36. The van der Waals surface area contributed by atoms with Crippen LogP contribution in [0.25, 0.3) is 10.9 Å². The van der Waals surface area contributed by atoms with Gasteiger partial charge in [0.25, 0.3) is 0 Å². The fourth-order valence-electron chi connectivity index (χ4n) is 10.9. The van der Waals surface area contributed by atoms with Crippen molar-refractivity contribution in [1.29, 1.82) is 0 Å². The number of H-pyrrole nitrogens is 1. The molecule has 41 nitrogen and oxygen atoms in total. The highest BCUT2D eigenvalue weighted by molar-refractivity contribution is 7.80. The number of phenols is 1. The third-order valence-corrected chi connectivity index (χ3v) is 18.1. The summed E-state index contributed by atoms with van der Waals surface area (Å²) in [6, 6.07) is -9.91. The number of rotatable bonds is 49. The summed E-state index contributed by atoms with van der Waals surface area (Å²) in [5.41, 5.74) is 12.7. The smallest absolute Gasteiger partial charge is 0.328 e. The molecule has 15 atom stereocenters. The summed E-state index contributed by atoms with van der Waals surface area (Å²) in [4.78, 5) is 242. The topological polar surface area (TPSA) is 665 Å². The first-order valence-corrected chi connectivity index (χ1v) is 37.4. The zero-order chi connectivity index (χ0) is 86.1. The van der Waals surface area contributed by atoms with E-state index in [2.05, 4.69) is 105 Å². The molecule has 114 heavy (non-hydrogen) atoms. The van der Waals surface area contributed by atoms with Crippen LogP contribution in [0.15, 0.2) is 54.7 Å². The lowest BCUT2D eigenvalue weighted by molar-refractivity contribution is -0.143. The molecule has 15 amide bonds. The second-order valence-corrected chi connectivity index (χ2v) is 28.7. The highest BCUT2D eigenvalue weighted by Crippen LogP contribution is 2.21. The number of hydrogen-bond donors (Lipinski definition) is 25. The molecule has 43 heteroatoms. The number of carboxylic acid groups (broad SMARTS) is 3. The van der Waals surface area contributed by atoms with E-state index in [9.17, 15) is 112 Å². The lowest BCUT2D eigenvalue weighted by Gasteiger charge is -2.28. The molecule has 3 aromatic rings. The molecule has 1 heterocycles. The van der Waals surface area contributed by atoms with Gasteiger partial charge in [0.15, 0.2) is 0 Å². The number of carboxylic acids is 3. The molecule has 0 aliphatic heterocycles. The minimum absolute atomic E-state index is 0.106. The third-order valence-electron chi connectivity index (χ3n) is 17.3. The van der Waals surface area contributed by atoms with Crippen LogP contribution in [0.4, 0.5) is 0 Å². The minimum atomic E-state index is -1.95. The number of nitrogens with two attached hydrogens (primary N) is 2. The molecule has 3 rings (SSSR count). The van der Waals surface area contributed by atoms with Gasteiger partial charge in [-0.25, -0.2) is 4.79 Å². The molecule has 0 aliphatic rings. The number of aliphatic hydroxyl groups excluding tert-OH is 2. The van der Waals surface area contributed by atoms with Crippen molar-refractivity contribution in [3.05, 3.63) is 65.9 Å². The normalized spacial score (nSPS) is 15.2. The van der Waals surface area contributed by atoms with Gasteiger partial charge in [0, 0.05) is 54.3 Å². The van der Waals surface area contributed by atoms with E-state index in [1.807, 2.05) is 0 Å². The Kier molecular flexibility index (Phi) is 40.3. The fourth-order valence-corrected chi connectivity index (χ4v) is 11.4. The number of aromatic amines is 1. The van der Waals surface area contributed by atoms with Gasteiger partial charge in [0.1, 0.15) is 84.3 Å². The Labute approximate surface area is 666 Å². The molecule has 1 aromatic heterocycles. The number of primary amides is 1. The first-order valence-electron chi connectivity index (χ1n) is 36.2. The maximum Gasteiger partial charge on any atom is 0.328 e. The van der Waals surface area contributed by atoms with Gasteiger partial charge in [-0.2, -0.15) is 25.3 Å². The van der Waals surface area contributed by atoms with E-state index in [0.717, 1.165) is 13.8 Å². The zero-order valence-corrected chi connectivity index (χ0v) is 65.9. The number of para-hydroxylation sites is 1. The Morgan fingerprint density at radius 1 is 0.456 bits per heavy atom. The number of hydrogen-bond acceptors (Lipinski definition) is 24. The van der Waals surface area contributed by atoms with Crippen LogP contribution in [-0.2, 0) is 99.1 Å². The first-order chi connectivity index (χ1) is 53.4.